The van der Waals surface area contributed by atoms with Crippen molar-refractivity contribution in [1.82, 2.24) is 20.2 Å². The van der Waals surface area contributed by atoms with Crippen LogP contribution in [-0.4, -0.2) is 43.9 Å². The van der Waals surface area contributed by atoms with Gasteiger partial charge >= 0.3 is 18.5 Å². The molecule has 1 aliphatic heterocycles. The number of benzene rings is 2. The second-order valence-corrected chi connectivity index (χ2v) is 12.6. The summed E-state index contributed by atoms with van der Waals surface area (Å²) in [6.07, 6.45) is -11.7. The maximum atomic E-state index is 14.1. The van der Waals surface area contributed by atoms with Gasteiger partial charge in [-0.1, -0.05) is 12.0 Å². The van der Waals surface area contributed by atoms with E-state index in [2.05, 4.69) is 15.4 Å². The molecule has 1 saturated carbocycles. The third-order valence-electron chi connectivity index (χ3n) is 9.41. The highest BCUT2D eigenvalue weighted by Gasteiger charge is 2.44. The third kappa shape index (κ3) is 7.96. The smallest absolute Gasteiger partial charge is 0.396 e. The predicted octanol–water partition coefficient (Wildman–Crippen LogP) is 7.72. The van der Waals surface area contributed by atoms with Gasteiger partial charge in [0.2, 0.25) is 5.91 Å². The van der Waals surface area contributed by atoms with Crippen LogP contribution < -0.4 is 9.80 Å². The van der Waals surface area contributed by atoms with E-state index < -0.39 is 65.3 Å². The molecule has 0 spiro atoms. The molecular formula is C32H35F9N6O2. The molecule has 1 aromatic heterocycles. The molecule has 2 aliphatic rings. The van der Waals surface area contributed by atoms with E-state index in [4.69, 9.17) is 0 Å². The standard InChI is InChI=1S/C32H35F9N6O2/c1-3-24-16-27(46(29-42-44-45(2)43-29)17-19-12-22(31(36,37)38)14-23(13-19)32(39,40)41)25-15-21(30(33,34)35)8-9-26(25)47(24)28(49)20-6-4-18(5-7-20)10-11-48/h8-9,12-15,18,20,24,27,48H,3-7,10-11,16-17H2,1-2H3/t18-,20+,24-,27?/m1/s1. The van der Waals surface area contributed by atoms with Crippen molar-refractivity contribution < 1.29 is 49.4 Å². The number of tetrazole rings is 1. The number of anilines is 2. The normalized spacial score (nSPS) is 21.8. The zero-order chi connectivity index (χ0) is 35.9. The van der Waals surface area contributed by atoms with Crippen LogP contribution in [0.5, 0.6) is 0 Å². The molecule has 1 aliphatic carbocycles. The molecule has 268 valence electrons. The number of nitrogens with zero attached hydrogens (tertiary/aromatic N) is 6. The Kier molecular flexibility index (Phi) is 10.2. The molecule has 5 rings (SSSR count). The highest BCUT2D eigenvalue weighted by Crippen LogP contribution is 2.47. The van der Waals surface area contributed by atoms with E-state index in [0.717, 1.165) is 16.9 Å². The van der Waals surface area contributed by atoms with Crippen molar-refractivity contribution in [2.75, 3.05) is 16.4 Å². The number of amides is 1. The molecule has 0 radical (unpaired) electrons. The second-order valence-electron chi connectivity index (χ2n) is 12.6. The minimum Gasteiger partial charge on any atom is -0.396 e. The minimum absolute atomic E-state index is 0.00249. The number of aliphatic hydroxyl groups excluding tert-OH is 1. The van der Waals surface area contributed by atoms with E-state index in [1.807, 2.05) is 0 Å². The predicted molar refractivity (Wildman–Crippen MR) is 159 cm³/mol. The largest absolute Gasteiger partial charge is 0.416 e. The number of alkyl halides is 9. The Morgan fingerprint density at radius 1 is 0.898 bits per heavy atom. The zero-order valence-electron chi connectivity index (χ0n) is 26.6. The summed E-state index contributed by atoms with van der Waals surface area (Å²) >= 11 is 0. The molecule has 8 nitrogen and oxygen atoms in total. The molecule has 2 aromatic carbocycles. The Labute approximate surface area is 275 Å². The fraction of sp³-hybridized carbons (Fsp3) is 0.562. The Hall–Kier alpha value is -3.89. The summed E-state index contributed by atoms with van der Waals surface area (Å²) in [5.74, 6) is -0.672. The van der Waals surface area contributed by atoms with E-state index in [1.165, 1.54) is 22.9 Å². The monoisotopic (exact) mass is 706 g/mol. The van der Waals surface area contributed by atoms with Crippen molar-refractivity contribution in [3.05, 3.63) is 64.2 Å². The number of hydrogen-bond donors (Lipinski definition) is 1. The summed E-state index contributed by atoms with van der Waals surface area (Å²) in [6.45, 7) is 1.15. The maximum Gasteiger partial charge on any atom is 0.416 e. The van der Waals surface area contributed by atoms with E-state index in [1.54, 1.807) is 6.92 Å². The van der Waals surface area contributed by atoms with Crippen LogP contribution >= 0.6 is 0 Å². The molecule has 3 aromatic rings. The molecule has 1 unspecified atom stereocenters. The van der Waals surface area contributed by atoms with Crippen LogP contribution in [0.3, 0.4) is 0 Å². The molecule has 1 fully saturated rings. The molecule has 17 heteroatoms. The molecule has 1 N–H and O–H groups in total. The van der Waals surface area contributed by atoms with E-state index in [0.29, 0.717) is 50.7 Å². The Balaban J connectivity index is 1.63. The van der Waals surface area contributed by atoms with Crippen molar-refractivity contribution in [3.8, 4) is 0 Å². The van der Waals surface area contributed by atoms with Gasteiger partial charge in [-0.2, -0.15) is 44.3 Å². The quantitative estimate of drug-likeness (QED) is 0.242. The van der Waals surface area contributed by atoms with Gasteiger partial charge in [0.05, 0.1) is 29.8 Å². The number of hydrogen-bond acceptors (Lipinski definition) is 6. The van der Waals surface area contributed by atoms with Crippen molar-refractivity contribution in [2.24, 2.45) is 18.9 Å². The number of aryl methyl sites for hydroxylation is 1. The van der Waals surface area contributed by atoms with Crippen molar-refractivity contribution in [2.45, 2.75) is 89.0 Å². The summed E-state index contributed by atoms with van der Waals surface area (Å²) in [5.41, 5.74) is -4.43. The highest BCUT2D eigenvalue weighted by atomic mass is 19.4. The number of aromatic nitrogens is 4. The number of halogens is 9. The lowest BCUT2D eigenvalue weighted by molar-refractivity contribution is -0.143. The van der Waals surface area contributed by atoms with Gasteiger partial charge in [-0.3, -0.25) is 4.79 Å². The molecule has 49 heavy (non-hydrogen) atoms. The lowest BCUT2D eigenvalue weighted by Gasteiger charge is -2.46. The molecular weight excluding hydrogens is 671 g/mol. The fourth-order valence-electron chi connectivity index (χ4n) is 6.94. The second kappa shape index (κ2) is 13.8. The van der Waals surface area contributed by atoms with Crippen molar-refractivity contribution in [3.63, 3.8) is 0 Å². The van der Waals surface area contributed by atoms with Gasteiger partial charge in [0.1, 0.15) is 0 Å². The van der Waals surface area contributed by atoms with Crippen LogP contribution in [0.4, 0.5) is 51.1 Å². The number of rotatable bonds is 8. The van der Waals surface area contributed by atoms with Crippen LogP contribution in [0, 0.1) is 11.8 Å². The molecule has 2 heterocycles. The summed E-state index contributed by atoms with van der Waals surface area (Å²) in [5, 5.41) is 21.1. The topological polar surface area (TPSA) is 87.4 Å². The van der Waals surface area contributed by atoms with Crippen LogP contribution in [-0.2, 0) is 36.9 Å². The third-order valence-corrected chi connectivity index (χ3v) is 9.41. The number of carbonyl (C=O) groups excluding carboxylic acids is 1. The average Bonchev–Trinajstić information content (AvgIpc) is 3.47. The van der Waals surface area contributed by atoms with Gasteiger partial charge in [0, 0.05) is 30.8 Å². The fourth-order valence-corrected chi connectivity index (χ4v) is 6.94. The van der Waals surface area contributed by atoms with Gasteiger partial charge in [0.15, 0.2) is 0 Å². The lowest BCUT2D eigenvalue weighted by Crippen LogP contribution is -2.50. The van der Waals surface area contributed by atoms with Gasteiger partial charge in [-0.05, 0) is 104 Å². The summed E-state index contributed by atoms with van der Waals surface area (Å²) in [6, 6.07) is 2.29. The minimum atomic E-state index is -5.13. The summed E-state index contributed by atoms with van der Waals surface area (Å²) < 4.78 is 125. The number of carbonyl (C=O) groups is 1. The SMILES string of the molecule is CC[C@@H]1CC(N(Cc2cc(C(F)(F)F)cc(C(F)(F)F)c2)c2nnn(C)n2)c2cc(C(F)(F)F)ccc2N1C(=O)[C@H]1CC[C@@H](CCO)CC1. The van der Waals surface area contributed by atoms with Crippen molar-refractivity contribution in [1.29, 1.82) is 0 Å². The Morgan fingerprint density at radius 3 is 2.02 bits per heavy atom. The Bertz CT molecular complexity index is 1600. The van der Waals surface area contributed by atoms with E-state index in [9.17, 15) is 49.4 Å². The average molecular weight is 707 g/mol. The Morgan fingerprint density at radius 2 is 1.51 bits per heavy atom. The van der Waals surface area contributed by atoms with Gasteiger partial charge in [-0.15, -0.1) is 5.10 Å². The van der Waals surface area contributed by atoms with Crippen LogP contribution in [0.25, 0.3) is 0 Å². The van der Waals surface area contributed by atoms with E-state index in [-0.39, 0.29) is 48.1 Å². The number of fused-ring (bicyclic) bond motifs is 1. The first-order chi connectivity index (χ1) is 22.9. The number of aliphatic hydroxyl groups is 1. The first kappa shape index (κ1) is 36.4. The summed E-state index contributed by atoms with van der Waals surface area (Å²) in [7, 11) is 1.38. The molecule has 1 amide bonds. The molecule has 0 saturated heterocycles. The zero-order valence-corrected chi connectivity index (χ0v) is 26.6. The van der Waals surface area contributed by atoms with Crippen LogP contribution in [0.1, 0.15) is 85.7 Å². The van der Waals surface area contributed by atoms with E-state index >= 15 is 0 Å². The molecule has 0 bridgehead atoms. The molecule has 2 atom stereocenters. The van der Waals surface area contributed by atoms with Gasteiger partial charge < -0.3 is 14.9 Å². The van der Waals surface area contributed by atoms with Crippen LogP contribution in [0.15, 0.2) is 36.4 Å². The van der Waals surface area contributed by atoms with Gasteiger partial charge in [-0.25, -0.2) is 0 Å². The van der Waals surface area contributed by atoms with Gasteiger partial charge in [0.25, 0.3) is 5.95 Å². The summed E-state index contributed by atoms with van der Waals surface area (Å²) in [4.78, 5) is 17.9. The van der Waals surface area contributed by atoms with Crippen LogP contribution in [0.2, 0.25) is 0 Å². The first-order valence-corrected chi connectivity index (χ1v) is 15.8. The first-order valence-electron chi connectivity index (χ1n) is 15.8. The maximum absolute atomic E-state index is 14.1. The lowest BCUT2D eigenvalue weighted by atomic mass is 9.79. The highest BCUT2D eigenvalue weighted by molar-refractivity contribution is 5.97. The van der Waals surface area contributed by atoms with Crippen molar-refractivity contribution >= 4 is 17.5 Å².